The Bertz CT molecular complexity index is 674. The average molecular weight is 293 g/mol. The zero-order valence-corrected chi connectivity index (χ0v) is 11.1. The summed E-state index contributed by atoms with van der Waals surface area (Å²) < 4.78 is 23.7. The van der Waals surface area contributed by atoms with Gasteiger partial charge in [-0.2, -0.15) is 0 Å². The van der Waals surface area contributed by atoms with Gasteiger partial charge in [0.05, 0.1) is 18.6 Å². The second-order valence-electron chi connectivity index (χ2n) is 4.15. The van der Waals surface area contributed by atoms with Gasteiger partial charge in [0.25, 0.3) is 0 Å². The van der Waals surface area contributed by atoms with Crippen LogP contribution in [0, 0.1) is 15.9 Å². The first-order valence-corrected chi connectivity index (χ1v) is 5.94. The van der Waals surface area contributed by atoms with Gasteiger partial charge >= 0.3 is 5.69 Å². The van der Waals surface area contributed by atoms with Gasteiger partial charge in [-0.3, -0.25) is 10.1 Å². The van der Waals surface area contributed by atoms with Gasteiger partial charge in [-0.05, 0) is 23.8 Å². The first-order chi connectivity index (χ1) is 10.0. The Kier molecular flexibility index (Phi) is 4.34. The molecule has 110 valence electrons. The third kappa shape index (κ3) is 3.46. The number of methoxy groups -OCH3 is 1. The van der Waals surface area contributed by atoms with Crippen molar-refractivity contribution < 1.29 is 23.9 Å². The van der Waals surface area contributed by atoms with Gasteiger partial charge < -0.3 is 14.6 Å². The molecule has 0 atom stereocenters. The Labute approximate surface area is 119 Å². The Morgan fingerprint density at radius 2 is 2.00 bits per heavy atom. The fourth-order valence-electron chi connectivity index (χ4n) is 1.75. The summed E-state index contributed by atoms with van der Waals surface area (Å²) in [6.45, 7) is -0.367. The highest BCUT2D eigenvalue weighted by atomic mass is 19.1. The van der Waals surface area contributed by atoms with Crippen LogP contribution in [0.4, 0.5) is 10.1 Å². The lowest BCUT2D eigenvalue weighted by Crippen LogP contribution is -1.96. The monoisotopic (exact) mass is 293 g/mol. The van der Waals surface area contributed by atoms with E-state index in [-0.39, 0.29) is 23.8 Å². The zero-order chi connectivity index (χ0) is 15.4. The number of rotatable bonds is 5. The number of halogens is 1. The lowest BCUT2D eigenvalue weighted by molar-refractivity contribution is -0.385. The highest BCUT2D eigenvalue weighted by molar-refractivity contribution is 5.52. The minimum absolute atomic E-state index is 0.0513. The molecule has 0 aliphatic heterocycles. The molecule has 0 aromatic heterocycles. The summed E-state index contributed by atoms with van der Waals surface area (Å²) in [5.74, 6) is -0.263. The molecule has 0 unspecified atom stereocenters. The lowest BCUT2D eigenvalue weighted by Gasteiger charge is -2.09. The summed E-state index contributed by atoms with van der Waals surface area (Å²) in [6.07, 6.45) is 0. The first-order valence-electron chi connectivity index (χ1n) is 5.94. The van der Waals surface area contributed by atoms with Crippen molar-refractivity contribution >= 4 is 5.69 Å². The van der Waals surface area contributed by atoms with Crippen LogP contribution in [-0.4, -0.2) is 17.1 Å². The Balaban J connectivity index is 2.42. The predicted octanol–water partition coefficient (Wildman–Crippen LogP) is 3.03. The van der Waals surface area contributed by atoms with Crippen molar-refractivity contribution in [3.8, 4) is 17.2 Å². The summed E-state index contributed by atoms with van der Waals surface area (Å²) in [7, 11) is 1.41. The zero-order valence-electron chi connectivity index (χ0n) is 11.1. The molecule has 0 bridgehead atoms. The molecule has 6 nitrogen and oxygen atoms in total. The number of nitro benzene ring substituents is 1. The van der Waals surface area contributed by atoms with Crippen LogP contribution in [0.5, 0.6) is 17.2 Å². The maximum atomic E-state index is 13.4. The highest BCUT2D eigenvalue weighted by Crippen LogP contribution is 2.35. The van der Waals surface area contributed by atoms with Crippen LogP contribution in [-0.2, 0) is 6.61 Å². The van der Waals surface area contributed by atoms with Crippen LogP contribution in [0.25, 0.3) is 0 Å². The van der Waals surface area contributed by atoms with Crippen LogP contribution in [0.15, 0.2) is 36.4 Å². The van der Waals surface area contributed by atoms with Crippen molar-refractivity contribution in [1.29, 1.82) is 0 Å². The number of aliphatic hydroxyl groups excluding tert-OH is 1. The standard InChI is InChI=1S/C14H12FNO5/c1-20-11-2-3-13(16(18)19)14(7-11)21-12-5-9(8-17)4-10(15)6-12/h2-7,17H,8H2,1H3. The predicted molar refractivity (Wildman–Crippen MR) is 72.0 cm³/mol. The second-order valence-corrected chi connectivity index (χ2v) is 4.15. The summed E-state index contributed by atoms with van der Waals surface area (Å²) in [5.41, 5.74) is 0.0289. The van der Waals surface area contributed by atoms with Crippen molar-refractivity contribution in [2.75, 3.05) is 7.11 Å². The van der Waals surface area contributed by atoms with Crippen LogP contribution in [0.2, 0.25) is 0 Å². The third-order valence-corrected chi connectivity index (χ3v) is 2.71. The second kappa shape index (κ2) is 6.19. The topological polar surface area (TPSA) is 81.8 Å². The molecule has 2 aromatic carbocycles. The van der Waals surface area contributed by atoms with E-state index in [1.165, 1.54) is 31.4 Å². The van der Waals surface area contributed by atoms with Crippen LogP contribution in [0.1, 0.15) is 5.56 Å². The number of aliphatic hydroxyl groups is 1. The first kappa shape index (κ1) is 14.7. The van der Waals surface area contributed by atoms with Crippen LogP contribution in [0.3, 0.4) is 0 Å². The summed E-state index contributed by atoms with van der Waals surface area (Å²) in [4.78, 5) is 10.4. The highest BCUT2D eigenvalue weighted by Gasteiger charge is 2.17. The molecule has 0 heterocycles. The van der Waals surface area contributed by atoms with Gasteiger partial charge in [-0.1, -0.05) is 0 Å². The Morgan fingerprint density at radius 3 is 2.62 bits per heavy atom. The van der Waals surface area contributed by atoms with Crippen LogP contribution < -0.4 is 9.47 Å². The maximum Gasteiger partial charge on any atom is 0.311 e. The average Bonchev–Trinajstić information content (AvgIpc) is 2.46. The SMILES string of the molecule is COc1ccc([N+](=O)[O-])c(Oc2cc(F)cc(CO)c2)c1. The van der Waals surface area contributed by atoms with Gasteiger partial charge in [0.15, 0.2) is 0 Å². The Hall–Kier alpha value is -2.67. The van der Waals surface area contributed by atoms with Gasteiger partial charge in [0, 0.05) is 18.2 Å². The molecule has 21 heavy (non-hydrogen) atoms. The molecule has 0 fully saturated rings. The quantitative estimate of drug-likeness (QED) is 0.677. The van der Waals surface area contributed by atoms with E-state index in [2.05, 4.69) is 0 Å². The largest absolute Gasteiger partial charge is 0.497 e. The fraction of sp³-hybridized carbons (Fsp3) is 0.143. The van der Waals surface area contributed by atoms with Crippen molar-refractivity contribution in [2.24, 2.45) is 0 Å². The molecule has 0 aliphatic rings. The van der Waals surface area contributed by atoms with E-state index < -0.39 is 10.7 Å². The van der Waals surface area contributed by atoms with Crippen molar-refractivity contribution in [3.63, 3.8) is 0 Å². The molecule has 0 radical (unpaired) electrons. The van der Waals surface area contributed by atoms with Gasteiger partial charge in [-0.15, -0.1) is 0 Å². The number of nitrogens with zero attached hydrogens (tertiary/aromatic N) is 1. The molecule has 0 saturated heterocycles. The maximum absolute atomic E-state index is 13.4. The molecule has 0 saturated carbocycles. The smallest absolute Gasteiger partial charge is 0.311 e. The fourth-order valence-corrected chi connectivity index (χ4v) is 1.75. The number of hydrogen-bond donors (Lipinski definition) is 1. The molecule has 0 aliphatic carbocycles. The molecule has 1 N–H and O–H groups in total. The molecule has 0 spiro atoms. The molecule has 7 heteroatoms. The van der Waals surface area contributed by atoms with E-state index in [1.807, 2.05) is 0 Å². The molecular weight excluding hydrogens is 281 g/mol. The van der Waals surface area contributed by atoms with E-state index in [1.54, 1.807) is 0 Å². The van der Waals surface area contributed by atoms with E-state index >= 15 is 0 Å². The third-order valence-electron chi connectivity index (χ3n) is 2.71. The summed E-state index contributed by atoms with van der Waals surface area (Å²) >= 11 is 0. The minimum Gasteiger partial charge on any atom is -0.497 e. The summed E-state index contributed by atoms with van der Waals surface area (Å²) in [6, 6.07) is 7.61. The number of nitro groups is 1. The normalized spacial score (nSPS) is 10.2. The van der Waals surface area contributed by atoms with Crippen molar-refractivity contribution in [3.05, 3.63) is 57.9 Å². The number of hydrogen-bond acceptors (Lipinski definition) is 5. The van der Waals surface area contributed by atoms with E-state index in [0.717, 1.165) is 12.1 Å². The number of benzene rings is 2. The van der Waals surface area contributed by atoms with E-state index in [0.29, 0.717) is 11.3 Å². The number of ether oxygens (including phenoxy) is 2. The van der Waals surface area contributed by atoms with Crippen LogP contribution >= 0.6 is 0 Å². The Morgan fingerprint density at radius 1 is 1.24 bits per heavy atom. The summed E-state index contributed by atoms with van der Waals surface area (Å²) in [5, 5.41) is 20.0. The molecule has 0 amide bonds. The lowest BCUT2D eigenvalue weighted by atomic mass is 10.2. The molecular formula is C14H12FNO5. The molecule has 2 aromatic rings. The molecule has 2 rings (SSSR count). The van der Waals surface area contributed by atoms with Gasteiger partial charge in [0.2, 0.25) is 5.75 Å². The van der Waals surface area contributed by atoms with Crippen molar-refractivity contribution in [1.82, 2.24) is 0 Å². The van der Waals surface area contributed by atoms with Gasteiger partial charge in [-0.25, -0.2) is 4.39 Å². The van der Waals surface area contributed by atoms with Gasteiger partial charge in [0.1, 0.15) is 17.3 Å². The van der Waals surface area contributed by atoms with E-state index in [9.17, 15) is 14.5 Å². The van der Waals surface area contributed by atoms with Crippen molar-refractivity contribution in [2.45, 2.75) is 6.61 Å². The van der Waals surface area contributed by atoms with E-state index in [4.69, 9.17) is 14.6 Å². The minimum atomic E-state index is -0.610.